The van der Waals surface area contributed by atoms with Crippen LogP contribution in [0.3, 0.4) is 0 Å². The van der Waals surface area contributed by atoms with Crippen LogP contribution in [0.5, 0.6) is 5.75 Å². The van der Waals surface area contributed by atoms with Crippen LogP contribution >= 0.6 is 0 Å². The molecule has 2 rings (SSSR count). The number of halogens is 1. The van der Waals surface area contributed by atoms with Gasteiger partial charge in [0.25, 0.3) is 0 Å². The first-order valence-corrected chi connectivity index (χ1v) is 6.13. The molecule has 0 atom stereocenters. The second-order valence-electron chi connectivity index (χ2n) is 4.37. The highest BCUT2D eigenvalue weighted by Gasteiger charge is 2.11. The summed E-state index contributed by atoms with van der Waals surface area (Å²) in [7, 11) is 0. The summed E-state index contributed by atoms with van der Waals surface area (Å²) >= 11 is 0. The van der Waals surface area contributed by atoms with Crippen LogP contribution in [-0.2, 0) is 6.54 Å². The first-order chi connectivity index (χ1) is 8.29. The fourth-order valence-electron chi connectivity index (χ4n) is 2.08. The van der Waals surface area contributed by atoms with Crippen LogP contribution in [0.4, 0.5) is 4.39 Å². The van der Waals surface area contributed by atoms with Gasteiger partial charge in [0.15, 0.2) is 11.6 Å². The van der Waals surface area contributed by atoms with Crippen molar-refractivity contribution in [2.45, 2.75) is 19.4 Å². The summed E-state index contributed by atoms with van der Waals surface area (Å²) in [5.41, 5.74) is 6.22. The molecular formula is C13H19FN2O. The van der Waals surface area contributed by atoms with Gasteiger partial charge in [0.05, 0.1) is 0 Å². The first kappa shape index (κ1) is 12.3. The molecule has 1 aliphatic heterocycles. The highest BCUT2D eigenvalue weighted by Crippen LogP contribution is 2.18. The first-order valence-electron chi connectivity index (χ1n) is 6.13. The molecule has 94 valence electrons. The molecule has 1 saturated heterocycles. The largest absolute Gasteiger partial charge is 0.489 e. The van der Waals surface area contributed by atoms with Gasteiger partial charge in [-0.1, -0.05) is 6.07 Å². The van der Waals surface area contributed by atoms with Crippen LogP contribution in [0.15, 0.2) is 18.2 Å². The minimum absolute atomic E-state index is 0.321. The normalized spacial score (nSPS) is 16.4. The highest BCUT2D eigenvalue weighted by atomic mass is 19.1. The van der Waals surface area contributed by atoms with Crippen LogP contribution in [0.1, 0.15) is 18.4 Å². The van der Waals surface area contributed by atoms with Gasteiger partial charge in [-0.05, 0) is 43.6 Å². The molecule has 0 saturated carbocycles. The van der Waals surface area contributed by atoms with Crippen molar-refractivity contribution in [2.75, 3.05) is 26.2 Å². The van der Waals surface area contributed by atoms with Crippen molar-refractivity contribution in [3.05, 3.63) is 29.6 Å². The summed E-state index contributed by atoms with van der Waals surface area (Å²) in [6.45, 7) is 4.04. The summed E-state index contributed by atoms with van der Waals surface area (Å²) in [6.07, 6.45) is 2.53. The van der Waals surface area contributed by atoms with Crippen molar-refractivity contribution in [2.24, 2.45) is 5.73 Å². The average Bonchev–Trinajstić information content (AvgIpc) is 2.84. The van der Waals surface area contributed by atoms with Crippen molar-refractivity contribution < 1.29 is 9.13 Å². The van der Waals surface area contributed by atoms with E-state index in [9.17, 15) is 4.39 Å². The molecule has 1 aromatic rings. The summed E-state index contributed by atoms with van der Waals surface area (Å²) in [6, 6.07) is 4.89. The van der Waals surface area contributed by atoms with Crippen molar-refractivity contribution in [1.82, 2.24) is 4.90 Å². The molecular weight excluding hydrogens is 219 g/mol. The van der Waals surface area contributed by atoms with E-state index >= 15 is 0 Å². The Morgan fingerprint density at radius 3 is 2.71 bits per heavy atom. The maximum Gasteiger partial charge on any atom is 0.165 e. The molecule has 0 unspecified atom stereocenters. The third-order valence-corrected chi connectivity index (χ3v) is 3.10. The van der Waals surface area contributed by atoms with Crippen LogP contribution < -0.4 is 10.5 Å². The van der Waals surface area contributed by atoms with Crippen LogP contribution in [-0.4, -0.2) is 31.1 Å². The average molecular weight is 238 g/mol. The van der Waals surface area contributed by atoms with E-state index in [-0.39, 0.29) is 5.82 Å². The van der Waals surface area contributed by atoms with Crippen LogP contribution in [0.2, 0.25) is 0 Å². The highest BCUT2D eigenvalue weighted by molar-refractivity contribution is 5.29. The molecule has 1 heterocycles. The number of ether oxygens (including phenoxy) is 1. The van der Waals surface area contributed by atoms with E-state index in [4.69, 9.17) is 10.5 Å². The Morgan fingerprint density at radius 2 is 2.06 bits per heavy atom. The molecule has 1 aliphatic rings. The number of hydrogen-bond donors (Lipinski definition) is 1. The van der Waals surface area contributed by atoms with E-state index in [0.717, 1.165) is 25.2 Å². The number of nitrogens with zero attached hydrogens (tertiary/aromatic N) is 1. The monoisotopic (exact) mass is 238 g/mol. The topological polar surface area (TPSA) is 38.5 Å². The van der Waals surface area contributed by atoms with Crippen LogP contribution in [0.25, 0.3) is 0 Å². The molecule has 4 heteroatoms. The Hall–Kier alpha value is -1.13. The van der Waals surface area contributed by atoms with E-state index in [2.05, 4.69) is 4.90 Å². The smallest absolute Gasteiger partial charge is 0.165 e. The number of nitrogens with two attached hydrogens (primary N) is 1. The minimum Gasteiger partial charge on any atom is -0.489 e. The molecule has 1 fully saturated rings. The number of benzene rings is 1. The van der Waals surface area contributed by atoms with Gasteiger partial charge in [0.1, 0.15) is 6.61 Å². The van der Waals surface area contributed by atoms with Crippen molar-refractivity contribution >= 4 is 0 Å². The zero-order valence-electron chi connectivity index (χ0n) is 9.99. The fourth-order valence-corrected chi connectivity index (χ4v) is 2.08. The third kappa shape index (κ3) is 3.41. The Bertz CT molecular complexity index is 364. The van der Waals surface area contributed by atoms with Gasteiger partial charge in [-0.15, -0.1) is 0 Å². The Balaban J connectivity index is 1.81. The lowest BCUT2D eigenvalue weighted by molar-refractivity contribution is 0.231. The molecule has 0 amide bonds. The zero-order valence-corrected chi connectivity index (χ0v) is 9.99. The van der Waals surface area contributed by atoms with Crippen LogP contribution in [0, 0.1) is 5.82 Å². The summed E-state index contributed by atoms with van der Waals surface area (Å²) in [5, 5.41) is 0. The second-order valence-corrected chi connectivity index (χ2v) is 4.37. The maximum atomic E-state index is 13.5. The van der Waals surface area contributed by atoms with Gasteiger partial charge in [-0.3, -0.25) is 4.90 Å². The lowest BCUT2D eigenvalue weighted by atomic mass is 10.2. The number of hydrogen-bond acceptors (Lipinski definition) is 3. The Kier molecular flexibility index (Phi) is 4.34. The van der Waals surface area contributed by atoms with E-state index < -0.39 is 0 Å². The van der Waals surface area contributed by atoms with Gasteiger partial charge in [-0.25, -0.2) is 4.39 Å². The molecule has 0 spiro atoms. The second kappa shape index (κ2) is 5.98. The molecule has 0 aromatic heterocycles. The zero-order chi connectivity index (χ0) is 12.1. The SMILES string of the molecule is NCc1ccc(OCCN2CCCC2)c(F)c1. The molecule has 17 heavy (non-hydrogen) atoms. The molecule has 1 aromatic carbocycles. The van der Waals surface area contributed by atoms with Gasteiger partial charge in [-0.2, -0.15) is 0 Å². The van der Waals surface area contributed by atoms with Gasteiger partial charge < -0.3 is 10.5 Å². The van der Waals surface area contributed by atoms with E-state index in [0.29, 0.717) is 18.9 Å². The van der Waals surface area contributed by atoms with Crippen molar-refractivity contribution in [3.8, 4) is 5.75 Å². The minimum atomic E-state index is -0.325. The van der Waals surface area contributed by atoms with Gasteiger partial charge in [0.2, 0.25) is 0 Å². The standard InChI is InChI=1S/C13H19FN2O/c14-12-9-11(10-15)3-4-13(12)17-8-7-16-5-1-2-6-16/h3-4,9H,1-2,5-8,10,15H2. The lowest BCUT2D eigenvalue weighted by Gasteiger charge is -2.15. The van der Waals surface area contributed by atoms with E-state index in [1.807, 2.05) is 0 Å². The molecule has 0 radical (unpaired) electrons. The third-order valence-electron chi connectivity index (χ3n) is 3.10. The summed E-state index contributed by atoms with van der Waals surface area (Å²) in [4.78, 5) is 2.34. The van der Waals surface area contributed by atoms with Crippen molar-refractivity contribution in [1.29, 1.82) is 0 Å². The molecule has 0 aliphatic carbocycles. The molecule has 0 bridgehead atoms. The maximum absolute atomic E-state index is 13.5. The lowest BCUT2D eigenvalue weighted by Crippen LogP contribution is -2.25. The Labute approximate surface area is 101 Å². The van der Waals surface area contributed by atoms with E-state index in [1.165, 1.54) is 18.9 Å². The van der Waals surface area contributed by atoms with Gasteiger partial charge >= 0.3 is 0 Å². The predicted octanol–water partition coefficient (Wildman–Crippen LogP) is 1.76. The van der Waals surface area contributed by atoms with Gasteiger partial charge in [0, 0.05) is 13.1 Å². The molecule has 3 nitrogen and oxygen atoms in total. The number of rotatable bonds is 5. The summed E-state index contributed by atoms with van der Waals surface area (Å²) < 4.78 is 19.0. The van der Waals surface area contributed by atoms with Crippen molar-refractivity contribution in [3.63, 3.8) is 0 Å². The Morgan fingerprint density at radius 1 is 1.29 bits per heavy atom. The predicted molar refractivity (Wildman–Crippen MR) is 65.5 cm³/mol. The quantitative estimate of drug-likeness (QED) is 0.849. The summed E-state index contributed by atoms with van der Waals surface area (Å²) in [5.74, 6) is -0.00392. The van der Waals surface area contributed by atoms with E-state index in [1.54, 1.807) is 12.1 Å². The number of likely N-dealkylation sites (tertiary alicyclic amines) is 1. The fraction of sp³-hybridized carbons (Fsp3) is 0.538. The molecule has 2 N–H and O–H groups in total.